The number of carbonyl (C=O) groups excluding carboxylic acids is 1. The summed E-state index contributed by atoms with van der Waals surface area (Å²) in [7, 11) is -0.489. The number of fused-ring (bicyclic) bond motifs is 1. The van der Waals surface area contributed by atoms with Crippen LogP contribution in [-0.4, -0.2) is 67.4 Å². The van der Waals surface area contributed by atoms with Gasteiger partial charge in [-0.25, -0.2) is 12.7 Å². The zero-order valence-corrected chi connectivity index (χ0v) is 22.9. The molecule has 12 heteroatoms. The molecule has 0 aliphatic carbocycles. The van der Waals surface area contributed by atoms with Crippen molar-refractivity contribution in [1.82, 2.24) is 19.3 Å². The van der Waals surface area contributed by atoms with E-state index in [9.17, 15) is 13.2 Å². The van der Waals surface area contributed by atoms with Crippen LogP contribution in [0.2, 0.25) is 10.0 Å². The predicted molar refractivity (Wildman–Crippen MR) is 141 cm³/mol. The maximum Gasteiger partial charge on any atom is 0.242 e. The average molecular weight is 564 g/mol. The van der Waals surface area contributed by atoms with Gasteiger partial charge in [-0.3, -0.25) is 9.69 Å². The quantitative estimate of drug-likeness (QED) is 0.445. The zero-order chi connectivity index (χ0) is 26.3. The van der Waals surface area contributed by atoms with Crippen molar-refractivity contribution in [2.45, 2.75) is 30.7 Å². The van der Waals surface area contributed by atoms with Crippen molar-refractivity contribution in [3.8, 4) is 11.4 Å². The SMILES string of the molecule is CN(C)S(=O)(=O)c1ccc2c(c1)CCN2C(=O)C1CCN(Cc2nc(-c3ccc(Cl)cc3Cl)no2)CC1. The number of hydrogen-bond acceptors (Lipinski definition) is 7. The second kappa shape index (κ2) is 10.3. The number of piperidine rings is 1. The molecule has 1 fully saturated rings. The normalized spacial score (nSPS) is 16.9. The van der Waals surface area contributed by atoms with Gasteiger partial charge in [0.2, 0.25) is 27.6 Å². The lowest BCUT2D eigenvalue weighted by Gasteiger charge is -2.32. The van der Waals surface area contributed by atoms with Gasteiger partial charge in [0, 0.05) is 42.8 Å². The van der Waals surface area contributed by atoms with E-state index in [0.717, 1.165) is 37.2 Å². The lowest BCUT2D eigenvalue weighted by atomic mass is 9.95. The summed E-state index contributed by atoms with van der Waals surface area (Å²) in [4.78, 5) is 22.1. The number of amides is 1. The van der Waals surface area contributed by atoms with Crippen molar-refractivity contribution < 1.29 is 17.7 Å². The molecule has 0 saturated carbocycles. The molecule has 0 radical (unpaired) electrons. The molecule has 37 heavy (non-hydrogen) atoms. The standard InChI is InChI=1S/C25H27Cl2N5O4S/c1-30(2)37(34,35)19-4-6-22-17(13-19)9-12-32(22)25(33)16-7-10-31(11-8-16)15-23-28-24(29-36-23)20-5-3-18(26)14-21(20)27/h3-6,13-14,16H,7-12,15H2,1-2H3. The Bertz CT molecular complexity index is 1430. The van der Waals surface area contributed by atoms with Gasteiger partial charge in [-0.2, -0.15) is 4.98 Å². The van der Waals surface area contributed by atoms with Crippen molar-refractivity contribution in [1.29, 1.82) is 0 Å². The van der Waals surface area contributed by atoms with Crippen LogP contribution in [0.3, 0.4) is 0 Å². The molecule has 0 N–H and O–H groups in total. The second-order valence-electron chi connectivity index (χ2n) is 9.50. The summed E-state index contributed by atoms with van der Waals surface area (Å²) in [6.45, 7) is 2.53. The topological polar surface area (TPSA) is 99.9 Å². The maximum atomic E-state index is 13.4. The van der Waals surface area contributed by atoms with E-state index in [1.165, 1.54) is 18.4 Å². The van der Waals surface area contributed by atoms with E-state index in [1.54, 1.807) is 36.4 Å². The number of halogens is 2. The van der Waals surface area contributed by atoms with Crippen LogP contribution in [0.25, 0.3) is 11.4 Å². The number of aromatic nitrogens is 2. The number of sulfonamides is 1. The van der Waals surface area contributed by atoms with Crippen LogP contribution >= 0.6 is 23.2 Å². The lowest BCUT2D eigenvalue weighted by Crippen LogP contribution is -2.42. The Morgan fingerprint density at radius 1 is 1.11 bits per heavy atom. The van der Waals surface area contributed by atoms with Crippen LogP contribution in [0.15, 0.2) is 45.8 Å². The van der Waals surface area contributed by atoms with Crippen molar-refractivity contribution in [2.24, 2.45) is 5.92 Å². The molecule has 0 bridgehead atoms. The monoisotopic (exact) mass is 563 g/mol. The Balaban J connectivity index is 1.19. The molecule has 0 spiro atoms. The zero-order valence-electron chi connectivity index (χ0n) is 20.5. The third kappa shape index (κ3) is 5.26. The molecule has 9 nitrogen and oxygen atoms in total. The summed E-state index contributed by atoms with van der Waals surface area (Å²) in [6.07, 6.45) is 2.09. The molecule has 2 aliphatic rings. The van der Waals surface area contributed by atoms with E-state index in [1.807, 2.05) is 4.90 Å². The Morgan fingerprint density at radius 2 is 1.86 bits per heavy atom. The van der Waals surface area contributed by atoms with E-state index < -0.39 is 10.0 Å². The first-order chi connectivity index (χ1) is 17.6. The average Bonchev–Trinajstić information content (AvgIpc) is 3.50. The summed E-state index contributed by atoms with van der Waals surface area (Å²) >= 11 is 12.2. The molecule has 3 heterocycles. The summed E-state index contributed by atoms with van der Waals surface area (Å²) in [5.41, 5.74) is 2.36. The molecule has 196 valence electrons. The molecule has 1 aromatic heterocycles. The molecular formula is C25H27Cl2N5O4S. The molecule has 2 aliphatic heterocycles. The van der Waals surface area contributed by atoms with Crippen LogP contribution < -0.4 is 4.90 Å². The summed E-state index contributed by atoms with van der Waals surface area (Å²) < 4.78 is 31.6. The summed E-state index contributed by atoms with van der Waals surface area (Å²) in [5, 5.41) is 5.04. The van der Waals surface area contributed by atoms with Gasteiger partial charge in [0.15, 0.2) is 0 Å². The van der Waals surface area contributed by atoms with E-state index in [0.29, 0.717) is 46.8 Å². The number of anilines is 1. The Labute approximate surface area is 226 Å². The third-order valence-electron chi connectivity index (χ3n) is 6.93. The van der Waals surface area contributed by atoms with Crippen LogP contribution in [0.5, 0.6) is 0 Å². The Morgan fingerprint density at radius 3 is 2.57 bits per heavy atom. The molecule has 1 saturated heterocycles. The number of nitrogens with zero attached hydrogens (tertiary/aromatic N) is 5. The van der Waals surface area contributed by atoms with Gasteiger partial charge in [0.25, 0.3) is 0 Å². The van der Waals surface area contributed by atoms with Gasteiger partial charge in [0.1, 0.15) is 0 Å². The van der Waals surface area contributed by atoms with Crippen molar-refractivity contribution in [2.75, 3.05) is 38.6 Å². The predicted octanol–water partition coefficient (Wildman–Crippen LogP) is 4.10. The third-order valence-corrected chi connectivity index (χ3v) is 9.29. The van der Waals surface area contributed by atoms with Crippen molar-refractivity contribution in [3.63, 3.8) is 0 Å². The molecule has 5 rings (SSSR count). The summed E-state index contributed by atoms with van der Waals surface area (Å²) in [6, 6.07) is 10.2. The van der Waals surface area contributed by atoms with E-state index in [2.05, 4.69) is 15.0 Å². The number of likely N-dealkylation sites (tertiary alicyclic amines) is 1. The van der Waals surface area contributed by atoms with Crippen LogP contribution in [-0.2, 0) is 27.8 Å². The van der Waals surface area contributed by atoms with Crippen LogP contribution in [0.4, 0.5) is 5.69 Å². The van der Waals surface area contributed by atoms with E-state index in [4.69, 9.17) is 27.7 Å². The highest BCUT2D eigenvalue weighted by Gasteiger charge is 2.33. The number of hydrogen-bond donors (Lipinski definition) is 0. The maximum absolute atomic E-state index is 13.4. The smallest absolute Gasteiger partial charge is 0.242 e. The number of benzene rings is 2. The fourth-order valence-electron chi connectivity index (χ4n) is 4.83. The fourth-order valence-corrected chi connectivity index (χ4v) is 6.27. The van der Waals surface area contributed by atoms with E-state index in [-0.39, 0.29) is 16.7 Å². The Hall–Kier alpha value is -2.50. The molecule has 2 aromatic carbocycles. The van der Waals surface area contributed by atoms with Crippen molar-refractivity contribution in [3.05, 3.63) is 57.9 Å². The highest BCUT2D eigenvalue weighted by Crippen LogP contribution is 2.34. The highest BCUT2D eigenvalue weighted by atomic mass is 35.5. The van der Waals surface area contributed by atoms with E-state index >= 15 is 0 Å². The molecule has 0 unspecified atom stereocenters. The summed E-state index contributed by atoms with van der Waals surface area (Å²) in [5.74, 6) is 0.913. The largest absolute Gasteiger partial charge is 0.338 e. The minimum atomic E-state index is -3.51. The van der Waals surface area contributed by atoms with Gasteiger partial charge in [0.05, 0.1) is 16.5 Å². The lowest BCUT2D eigenvalue weighted by molar-refractivity contribution is -0.123. The van der Waals surface area contributed by atoms with Gasteiger partial charge in [-0.1, -0.05) is 28.4 Å². The first-order valence-electron chi connectivity index (χ1n) is 12.0. The first-order valence-corrected chi connectivity index (χ1v) is 14.2. The Kier molecular flexibility index (Phi) is 7.30. The fraction of sp³-hybridized carbons (Fsp3) is 0.400. The number of rotatable bonds is 6. The van der Waals surface area contributed by atoms with Gasteiger partial charge in [-0.15, -0.1) is 0 Å². The van der Waals surface area contributed by atoms with Gasteiger partial charge >= 0.3 is 0 Å². The van der Waals surface area contributed by atoms with Gasteiger partial charge < -0.3 is 9.42 Å². The van der Waals surface area contributed by atoms with Crippen molar-refractivity contribution >= 4 is 44.8 Å². The minimum absolute atomic E-state index is 0.0847. The minimum Gasteiger partial charge on any atom is -0.338 e. The molecule has 1 amide bonds. The molecule has 0 atom stereocenters. The molecule has 3 aromatic rings. The second-order valence-corrected chi connectivity index (χ2v) is 12.5. The first kappa shape index (κ1) is 26.1. The number of carbonyl (C=O) groups is 1. The molecular weight excluding hydrogens is 537 g/mol. The van der Waals surface area contributed by atoms with Crippen LogP contribution in [0.1, 0.15) is 24.3 Å². The highest BCUT2D eigenvalue weighted by molar-refractivity contribution is 7.89. The van der Waals surface area contributed by atoms with Gasteiger partial charge in [-0.05, 0) is 74.3 Å². The van der Waals surface area contributed by atoms with Crippen LogP contribution in [0, 0.1) is 5.92 Å².